The molecule has 0 aliphatic heterocycles. The first-order chi connectivity index (χ1) is 14.5. The van der Waals surface area contributed by atoms with Crippen molar-refractivity contribution in [2.45, 2.75) is 13.0 Å². The van der Waals surface area contributed by atoms with Gasteiger partial charge in [0.15, 0.2) is 6.10 Å². The van der Waals surface area contributed by atoms with Crippen molar-refractivity contribution in [3.8, 4) is 0 Å². The maximum absolute atomic E-state index is 13.8. The van der Waals surface area contributed by atoms with E-state index in [0.717, 1.165) is 0 Å². The van der Waals surface area contributed by atoms with Crippen molar-refractivity contribution >= 4 is 23.2 Å². The van der Waals surface area contributed by atoms with Crippen LogP contribution in [0.25, 0.3) is 0 Å². The summed E-state index contributed by atoms with van der Waals surface area (Å²) in [6.45, 7) is 1.67. The molecule has 0 fully saturated rings. The molecule has 0 heterocycles. The van der Waals surface area contributed by atoms with Gasteiger partial charge >= 0.3 is 0 Å². The second kappa shape index (κ2) is 9.58. The minimum absolute atomic E-state index is 0.0598. The van der Waals surface area contributed by atoms with E-state index in [-0.39, 0.29) is 5.56 Å². The number of benzene rings is 3. The number of amides is 2. The fourth-order valence-electron chi connectivity index (χ4n) is 2.72. The zero-order valence-corrected chi connectivity index (χ0v) is 16.2. The number of aliphatic hydroxyl groups is 1. The van der Waals surface area contributed by atoms with Crippen molar-refractivity contribution in [2.24, 2.45) is 5.10 Å². The lowest BCUT2D eigenvalue weighted by molar-refractivity contribution is -0.129. The molecule has 0 unspecified atom stereocenters. The lowest BCUT2D eigenvalue weighted by Crippen LogP contribution is -2.26. The number of hydrogen-bond donors (Lipinski definition) is 3. The van der Waals surface area contributed by atoms with Crippen LogP contribution in [0.3, 0.4) is 0 Å². The highest BCUT2D eigenvalue weighted by Crippen LogP contribution is 2.15. The highest BCUT2D eigenvalue weighted by Gasteiger charge is 2.16. The van der Waals surface area contributed by atoms with Gasteiger partial charge in [-0.05, 0) is 42.3 Å². The Kier molecular flexibility index (Phi) is 6.67. The molecule has 152 valence electrons. The molecule has 0 bridgehead atoms. The number of carbonyl (C=O) groups excluding carboxylic acids is 2. The van der Waals surface area contributed by atoms with Gasteiger partial charge in [-0.25, -0.2) is 9.82 Å². The van der Waals surface area contributed by atoms with E-state index >= 15 is 0 Å². The molecule has 2 amide bonds. The van der Waals surface area contributed by atoms with Crippen LogP contribution in [0.2, 0.25) is 0 Å². The molecule has 0 radical (unpaired) electrons. The van der Waals surface area contributed by atoms with Crippen molar-refractivity contribution in [3.05, 3.63) is 101 Å². The number of aliphatic hydroxyl groups excluding tert-OH is 1. The average molecular weight is 405 g/mol. The van der Waals surface area contributed by atoms with E-state index in [4.69, 9.17) is 0 Å². The van der Waals surface area contributed by atoms with Gasteiger partial charge in [-0.3, -0.25) is 9.59 Å². The molecule has 0 aliphatic rings. The number of halogens is 1. The van der Waals surface area contributed by atoms with Crippen LogP contribution >= 0.6 is 0 Å². The zero-order chi connectivity index (χ0) is 21.5. The summed E-state index contributed by atoms with van der Waals surface area (Å²) in [4.78, 5) is 24.4. The Morgan fingerprint density at radius 2 is 1.67 bits per heavy atom. The molecule has 1 atom stereocenters. The minimum Gasteiger partial charge on any atom is -0.378 e. The van der Waals surface area contributed by atoms with Gasteiger partial charge in [0, 0.05) is 5.69 Å². The van der Waals surface area contributed by atoms with Gasteiger partial charge in [0.2, 0.25) is 0 Å². The van der Waals surface area contributed by atoms with Gasteiger partial charge in [0.05, 0.1) is 11.3 Å². The van der Waals surface area contributed by atoms with Crippen LogP contribution < -0.4 is 10.7 Å². The van der Waals surface area contributed by atoms with Gasteiger partial charge in [0.1, 0.15) is 5.82 Å². The standard InChI is InChI=1S/C23H20FN3O3/c1-15(26-27-23(30)21(28)16-8-3-2-4-9-16)17-10-7-11-18(14-17)25-22(29)19-12-5-6-13-20(19)24/h2-14,21,28H,1H3,(H,25,29)(H,27,30)/b26-15-/t21-/m0/s1. The molecular formula is C23H20FN3O3. The predicted molar refractivity (Wildman–Crippen MR) is 113 cm³/mol. The molecule has 3 rings (SSSR count). The van der Waals surface area contributed by atoms with E-state index in [1.54, 1.807) is 67.6 Å². The molecular weight excluding hydrogens is 385 g/mol. The van der Waals surface area contributed by atoms with E-state index in [2.05, 4.69) is 15.8 Å². The summed E-state index contributed by atoms with van der Waals surface area (Å²) in [5, 5.41) is 16.7. The predicted octanol–water partition coefficient (Wildman–Crippen LogP) is 3.65. The molecule has 30 heavy (non-hydrogen) atoms. The maximum atomic E-state index is 13.8. The van der Waals surface area contributed by atoms with Crippen molar-refractivity contribution in [2.75, 3.05) is 5.32 Å². The molecule has 7 heteroatoms. The van der Waals surface area contributed by atoms with E-state index in [0.29, 0.717) is 22.5 Å². The number of nitrogens with one attached hydrogen (secondary N) is 2. The van der Waals surface area contributed by atoms with E-state index in [1.165, 1.54) is 18.2 Å². The number of carbonyl (C=O) groups is 2. The number of nitrogens with zero attached hydrogens (tertiary/aromatic N) is 1. The fraction of sp³-hybridized carbons (Fsp3) is 0.0870. The number of hydrazone groups is 1. The second-order valence-corrected chi connectivity index (χ2v) is 6.50. The van der Waals surface area contributed by atoms with E-state index < -0.39 is 23.7 Å². The van der Waals surface area contributed by atoms with E-state index in [1.807, 2.05) is 0 Å². The van der Waals surface area contributed by atoms with Crippen molar-refractivity contribution < 1.29 is 19.1 Å². The summed E-state index contributed by atoms with van der Waals surface area (Å²) in [5.74, 6) is -1.84. The highest BCUT2D eigenvalue weighted by atomic mass is 19.1. The van der Waals surface area contributed by atoms with Crippen LogP contribution in [0.5, 0.6) is 0 Å². The monoisotopic (exact) mass is 405 g/mol. The van der Waals surface area contributed by atoms with Crippen LogP contribution in [-0.4, -0.2) is 22.6 Å². The molecule has 3 N–H and O–H groups in total. The lowest BCUT2D eigenvalue weighted by atomic mass is 10.1. The summed E-state index contributed by atoms with van der Waals surface area (Å²) in [6.07, 6.45) is -1.34. The van der Waals surface area contributed by atoms with Crippen LogP contribution in [0.15, 0.2) is 84.0 Å². The smallest absolute Gasteiger partial charge is 0.273 e. The Balaban J connectivity index is 1.68. The van der Waals surface area contributed by atoms with Gasteiger partial charge in [-0.2, -0.15) is 5.10 Å². The van der Waals surface area contributed by atoms with Crippen LogP contribution in [-0.2, 0) is 4.79 Å². The van der Waals surface area contributed by atoms with Crippen molar-refractivity contribution in [1.82, 2.24) is 5.43 Å². The summed E-state index contributed by atoms with van der Waals surface area (Å²) in [7, 11) is 0. The number of hydrogen-bond acceptors (Lipinski definition) is 4. The van der Waals surface area contributed by atoms with E-state index in [9.17, 15) is 19.1 Å². The molecule has 0 spiro atoms. The van der Waals surface area contributed by atoms with Gasteiger partial charge in [0.25, 0.3) is 11.8 Å². The average Bonchev–Trinajstić information content (AvgIpc) is 2.77. The van der Waals surface area contributed by atoms with Crippen LogP contribution in [0.4, 0.5) is 10.1 Å². The molecule has 6 nitrogen and oxygen atoms in total. The zero-order valence-electron chi connectivity index (χ0n) is 16.2. The van der Waals surface area contributed by atoms with Crippen molar-refractivity contribution in [1.29, 1.82) is 0 Å². The summed E-state index contributed by atoms with van der Waals surface area (Å²) in [6, 6.07) is 21.0. The Hall–Kier alpha value is -3.84. The normalized spacial score (nSPS) is 12.2. The first-order valence-electron chi connectivity index (χ1n) is 9.19. The van der Waals surface area contributed by atoms with Gasteiger partial charge in [-0.15, -0.1) is 0 Å². The summed E-state index contributed by atoms with van der Waals surface area (Å²) < 4.78 is 13.8. The Morgan fingerprint density at radius 1 is 0.967 bits per heavy atom. The summed E-state index contributed by atoms with van der Waals surface area (Å²) >= 11 is 0. The van der Waals surface area contributed by atoms with Gasteiger partial charge in [-0.1, -0.05) is 54.6 Å². The molecule has 3 aromatic rings. The third kappa shape index (κ3) is 5.15. The lowest BCUT2D eigenvalue weighted by Gasteiger charge is -2.10. The van der Waals surface area contributed by atoms with Crippen molar-refractivity contribution in [3.63, 3.8) is 0 Å². The van der Waals surface area contributed by atoms with Crippen LogP contribution in [0.1, 0.15) is 34.5 Å². The SMILES string of the molecule is C/C(=N/NC(=O)[C@@H](O)c1ccccc1)c1cccc(NC(=O)c2ccccc2F)c1. The topological polar surface area (TPSA) is 90.8 Å². The third-order valence-corrected chi connectivity index (χ3v) is 4.35. The number of rotatable bonds is 6. The molecule has 3 aromatic carbocycles. The first kappa shape index (κ1) is 20.9. The minimum atomic E-state index is -1.34. The first-order valence-corrected chi connectivity index (χ1v) is 9.19. The quantitative estimate of drug-likeness (QED) is 0.432. The van der Waals surface area contributed by atoms with Crippen LogP contribution in [0, 0.1) is 5.82 Å². The molecule has 0 saturated heterocycles. The highest BCUT2D eigenvalue weighted by molar-refractivity contribution is 6.06. The Labute approximate surface area is 173 Å². The summed E-state index contributed by atoms with van der Waals surface area (Å²) in [5.41, 5.74) is 4.28. The second-order valence-electron chi connectivity index (χ2n) is 6.50. The molecule has 0 saturated carbocycles. The third-order valence-electron chi connectivity index (χ3n) is 4.35. The largest absolute Gasteiger partial charge is 0.378 e. The molecule has 0 aliphatic carbocycles. The Morgan fingerprint density at radius 3 is 2.40 bits per heavy atom. The fourth-order valence-corrected chi connectivity index (χ4v) is 2.72. The Bertz CT molecular complexity index is 1080. The van der Waals surface area contributed by atoms with Gasteiger partial charge < -0.3 is 10.4 Å². The number of anilines is 1. The maximum Gasteiger partial charge on any atom is 0.273 e. The molecule has 0 aromatic heterocycles.